The van der Waals surface area contributed by atoms with Gasteiger partial charge in [-0.25, -0.2) is 8.78 Å². The van der Waals surface area contributed by atoms with Gasteiger partial charge in [-0.15, -0.1) is 0 Å². The molecule has 2 aromatic rings. The lowest BCUT2D eigenvalue weighted by molar-refractivity contribution is -0.137. The maximum atomic E-state index is 15.4. The molecule has 10 nitrogen and oxygen atoms in total. The molecule has 1 aliphatic carbocycles. The Morgan fingerprint density at radius 2 is 1.76 bits per heavy atom. The van der Waals surface area contributed by atoms with Crippen LogP contribution >= 0.6 is 0 Å². The van der Waals surface area contributed by atoms with Gasteiger partial charge in [-0.05, 0) is 49.4 Å². The number of nitrogens with one attached hydrogen (secondary N) is 2. The molecule has 1 saturated heterocycles. The zero-order valence-corrected chi connectivity index (χ0v) is 26.4. The van der Waals surface area contributed by atoms with Crippen molar-refractivity contribution in [3.63, 3.8) is 0 Å². The smallest absolute Gasteiger partial charge is 0.245 e. The van der Waals surface area contributed by atoms with Gasteiger partial charge in [-0.1, -0.05) is 32.3 Å². The molecule has 0 bridgehead atoms. The summed E-state index contributed by atoms with van der Waals surface area (Å²) in [6, 6.07) is 5.15. The van der Waals surface area contributed by atoms with Gasteiger partial charge in [-0.2, -0.15) is 5.10 Å². The lowest BCUT2D eigenvalue weighted by Gasteiger charge is -2.36. The number of carbonyl (C=O) groups is 4. The predicted octanol–water partition coefficient (Wildman–Crippen LogP) is 4.00. The van der Waals surface area contributed by atoms with Crippen molar-refractivity contribution in [2.24, 2.45) is 11.8 Å². The number of rotatable bonds is 14. The van der Waals surface area contributed by atoms with Crippen molar-refractivity contribution in [2.45, 2.75) is 77.8 Å². The number of aryl methyl sites for hydroxylation is 1. The minimum atomic E-state index is -0.886. The number of Topliss-reactive ketones (excluding diaryl/α,β-unsaturated/α-hetero) is 1. The fourth-order valence-electron chi connectivity index (χ4n) is 6.41. The van der Waals surface area contributed by atoms with Crippen molar-refractivity contribution >= 4 is 29.2 Å². The van der Waals surface area contributed by atoms with Gasteiger partial charge in [0.2, 0.25) is 17.7 Å². The van der Waals surface area contributed by atoms with Crippen molar-refractivity contribution in [3.05, 3.63) is 47.5 Å². The van der Waals surface area contributed by atoms with E-state index in [1.54, 1.807) is 34.8 Å². The Kier molecular flexibility index (Phi) is 12.6. The van der Waals surface area contributed by atoms with Gasteiger partial charge in [0, 0.05) is 70.6 Å². The second-order valence-corrected chi connectivity index (χ2v) is 12.0. The molecular weight excluding hydrogens is 582 g/mol. The van der Waals surface area contributed by atoms with Crippen LogP contribution in [0.3, 0.4) is 0 Å². The van der Waals surface area contributed by atoms with E-state index >= 15 is 4.39 Å². The predicted molar refractivity (Wildman–Crippen MR) is 167 cm³/mol. The van der Waals surface area contributed by atoms with E-state index < -0.39 is 24.5 Å². The van der Waals surface area contributed by atoms with E-state index in [9.17, 15) is 23.6 Å². The number of hydrogen-bond acceptors (Lipinski definition) is 6. The van der Waals surface area contributed by atoms with Crippen LogP contribution in [0.15, 0.2) is 30.5 Å². The highest BCUT2D eigenvalue weighted by molar-refractivity contribution is 6.00. The summed E-state index contributed by atoms with van der Waals surface area (Å²) in [5, 5.41) is 9.68. The van der Waals surface area contributed by atoms with Gasteiger partial charge in [0.15, 0.2) is 5.78 Å². The van der Waals surface area contributed by atoms with Crippen LogP contribution < -0.4 is 10.6 Å². The highest BCUT2D eigenvalue weighted by atomic mass is 19.1. The number of anilines is 1. The molecule has 12 heteroatoms. The first-order valence-electron chi connectivity index (χ1n) is 16.2. The number of hydrogen-bond donors (Lipinski definition) is 2. The van der Waals surface area contributed by atoms with Crippen LogP contribution in [0.25, 0.3) is 0 Å². The fraction of sp³-hybridized carbons (Fsp3) is 0.606. The number of piperazine rings is 1. The van der Waals surface area contributed by atoms with Crippen LogP contribution in [-0.4, -0.2) is 88.5 Å². The number of alkyl halides is 1. The number of ketones is 1. The van der Waals surface area contributed by atoms with Crippen LogP contribution in [0.2, 0.25) is 0 Å². The Hall–Kier alpha value is -3.67. The second kappa shape index (κ2) is 16.6. The van der Waals surface area contributed by atoms with Crippen LogP contribution in [0.1, 0.15) is 74.8 Å². The third-order valence-corrected chi connectivity index (χ3v) is 9.03. The van der Waals surface area contributed by atoms with Gasteiger partial charge in [-0.3, -0.25) is 28.8 Å². The first-order valence-corrected chi connectivity index (χ1v) is 16.2. The summed E-state index contributed by atoms with van der Waals surface area (Å²) < 4.78 is 29.8. The van der Waals surface area contributed by atoms with E-state index in [0.717, 1.165) is 32.1 Å². The Labute approximate surface area is 263 Å². The average Bonchev–Trinajstić information content (AvgIpc) is 3.54. The van der Waals surface area contributed by atoms with Crippen molar-refractivity contribution in [2.75, 3.05) is 44.7 Å². The van der Waals surface area contributed by atoms with Gasteiger partial charge < -0.3 is 15.5 Å². The van der Waals surface area contributed by atoms with E-state index in [1.165, 1.54) is 12.1 Å². The molecule has 246 valence electrons. The maximum Gasteiger partial charge on any atom is 0.245 e. The molecule has 4 rings (SSSR count). The molecule has 1 aromatic carbocycles. The van der Waals surface area contributed by atoms with Crippen molar-refractivity contribution < 1.29 is 28.0 Å². The highest BCUT2D eigenvalue weighted by Crippen LogP contribution is 2.34. The van der Waals surface area contributed by atoms with Gasteiger partial charge in [0.25, 0.3) is 0 Å². The molecule has 1 aromatic heterocycles. The van der Waals surface area contributed by atoms with Gasteiger partial charge >= 0.3 is 0 Å². The number of carbonyl (C=O) groups excluding carboxylic acids is 4. The van der Waals surface area contributed by atoms with E-state index in [-0.39, 0.29) is 54.4 Å². The summed E-state index contributed by atoms with van der Waals surface area (Å²) >= 11 is 0. The fourth-order valence-corrected chi connectivity index (χ4v) is 6.41. The summed E-state index contributed by atoms with van der Waals surface area (Å²) in [4.78, 5) is 56.1. The van der Waals surface area contributed by atoms with Crippen molar-refractivity contribution in [1.29, 1.82) is 0 Å². The molecule has 1 saturated carbocycles. The molecule has 2 fully saturated rings. The van der Waals surface area contributed by atoms with Crippen LogP contribution in [0.4, 0.5) is 14.5 Å². The zero-order valence-electron chi connectivity index (χ0n) is 26.4. The maximum absolute atomic E-state index is 15.4. The van der Waals surface area contributed by atoms with Gasteiger partial charge in [0.05, 0.1) is 5.69 Å². The zero-order chi connectivity index (χ0) is 32.3. The third-order valence-electron chi connectivity index (χ3n) is 9.03. The average molecular weight is 629 g/mol. The molecule has 0 unspecified atom stereocenters. The standard InChI is InChI=1S/C33H46F2N6O4/c1-3-31(43)37-28(33(45)40-18-16-39(15-13-34)17-19-40)21-23-10-11-27(26(35)20-23)38-32(44)25(24-8-6-5-7-9-24)22-30(42)29-12-14-36-41(29)4-2/h10-12,14,20,24-25,28H,3-9,13,15-19,21-22H2,1-2H3,(H,37,43)(H,38,44)/t25-,28+/m0/s1. The molecule has 45 heavy (non-hydrogen) atoms. The quantitative estimate of drug-likeness (QED) is 0.306. The largest absolute Gasteiger partial charge is 0.344 e. The molecule has 0 radical (unpaired) electrons. The minimum Gasteiger partial charge on any atom is -0.344 e. The monoisotopic (exact) mass is 628 g/mol. The lowest BCUT2D eigenvalue weighted by atomic mass is 9.77. The summed E-state index contributed by atoms with van der Waals surface area (Å²) in [7, 11) is 0. The Bertz CT molecular complexity index is 1320. The Morgan fingerprint density at radius 3 is 2.40 bits per heavy atom. The highest BCUT2D eigenvalue weighted by Gasteiger charge is 2.33. The number of aromatic nitrogens is 2. The summed E-state index contributed by atoms with van der Waals surface area (Å²) in [5.41, 5.74) is 0.950. The third kappa shape index (κ3) is 9.18. The van der Waals surface area contributed by atoms with Crippen LogP contribution in [0.5, 0.6) is 0 Å². The molecule has 3 amide bonds. The molecule has 2 heterocycles. The Balaban J connectivity index is 1.45. The molecule has 2 atom stereocenters. The van der Waals surface area contributed by atoms with Crippen molar-refractivity contribution in [3.8, 4) is 0 Å². The van der Waals surface area contributed by atoms with Crippen LogP contribution in [0, 0.1) is 17.7 Å². The minimum absolute atomic E-state index is 0.0000588. The van der Waals surface area contributed by atoms with Crippen molar-refractivity contribution in [1.82, 2.24) is 24.9 Å². The molecular formula is C33H46F2N6O4. The number of amides is 3. The summed E-state index contributed by atoms with van der Waals surface area (Å²) in [5.74, 6) is -2.35. The summed E-state index contributed by atoms with van der Waals surface area (Å²) in [6.07, 6.45) is 6.60. The number of halogens is 2. The number of nitrogens with zero attached hydrogens (tertiary/aromatic N) is 4. The molecule has 2 N–H and O–H groups in total. The van der Waals surface area contributed by atoms with E-state index in [4.69, 9.17) is 0 Å². The molecule has 2 aliphatic rings. The Morgan fingerprint density at radius 1 is 1.02 bits per heavy atom. The van der Waals surface area contributed by atoms with E-state index in [0.29, 0.717) is 50.5 Å². The first kappa shape index (κ1) is 34.2. The SMILES string of the molecule is CCC(=O)N[C@H](Cc1ccc(NC(=O)[C@@H](CC(=O)c2ccnn2CC)C2CCCCC2)c(F)c1)C(=O)N1CCN(CCF)CC1. The lowest BCUT2D eigenvalue weighted by Crippen LogP contribution is -2.55. The summed E-state index contributed by atoms with van der Waals surface area (Å²) in [6.45, 7) is 5.93. The van der Waals surface area contributed by atoms with Crippen LogP contribution in [-0.2, 0) is 27.3 Å². The van der Waals surface area contributed by atoms with Gasteiger partial charge in [0.1, 0.15) is 24.2 Å². The first-order chi connectivity index (χ1) is 21.7. The normalized spacial score (nSPS) is 17.5. The molecule has 1 aliphatic heterocycles. The van der Waals surface area contributed by atoms with E-state index in [1.807, 2.05) is 11.8 Å². The number of benzene rings is 1. The van der Waals surface area contributed by atoms with E-state index in [2.05, 4.69) is 15.7 Å². The topological polar surface area (TPSA) is 117 Å². The molecule has 0 spiro atoms. The second-order valence-electron chi connectivity index (χ2n) is 12.0.